The van der Waals surface area contributed by atoms with Gasteiger partial charge in [-0.2, -0.15) is 0 Å². The molecule has 212 valence electrons. The summed E-state index contributed by atoms with van der Waals surface area (Å²) in [5, 5.41) is 0.391. The molecular weight excluding hydrogens is 598 g/mol. The predicted molar refractivity (Wildman–Crippen MR) is 165 cm³/mol. The molecule has 8 heteroatoms. The Morgan fingerprint density at radius 2 is 1.57 bits per heavy atom. The first-order valence-corrected chi connectivity index (χ1v) is 14.5. The number of amides is 1. The van der Waals surface area contributed by atoms with Gasteiger partial charge in [-0.05, 0) is 79.6 Å². The van der Waals surface area contributed by atoms with Crippen LogP contribution in [0.2, 0.25) is 0 Å². The van der Waals surface area contributed by atoms with E-state index in [1.54, 1.807) is 35.2 Å². The zero-order valence-electron chi connectivity index (χ0n) is 23.1. The minimum Gasteiger partial charge on any atom is -0.494 e. The number of fused-ring (bicyclic) bond motifs is 2. The summed E-state index contributed by atoms with van der Waals surface area (Å²) in [6.45, 7) is 5.11. The van der Waals surface area contributed by atoms with Crippen molar-refractivity contribution in [3.63, 3.8) is 0 Å². The predicted octanol–water partition coefficient (Wildman–Crippen LogP) is 7.68. The van der Waals surface area contributed by atoms with Gasteiger partial charge in [-0.1, -0.05) is 52.3 Å². The Hall–Kier alpha value is -4.56. The molecule has 0 bridgehead atoms. The van der Waals surface area contributed by atoms with Crippen molar-refractivity contribution in [2.45, 2.75) is 26.5 Å². The molecule has 1 aliphatic heterocycles. The maximum absolute atomic E-state index is 14.0. The molecule has 1 amide bonds. The third-order valence-corrected chi connectivity index (χ3v) is 7.57. The Kier molecular flexibility index (Phi) is 7.71. The lowest BCUT2D eigenvalue weighted by molar-refractivity contribution is 0.0971. The number of rotatable bonds is 9. The van der Waals surface area contributed by atoms with Crippen molar-refractivity contribution in [2.24, 2.45) is 0 Å². The van der Waals surface area contributed by atoms with E-state index in [9.17, 15) is 9.59 Å². The topological polar surface area (TPSA) is 78.2 Å². The summed E-state index contributed by atoms with van der Waals surface area (Å²) in [6.07, 6.45) is 0. The van der Waals surface area contributed by atoms with E-state index in [4.69, 9.17) is 18.6 Å². The molecular formula is C34H28BrNO6. The highest BCUT2D eigenvalue weighted by molar-refractivity contribution is 9.10. The Morgan fingerprint density at radius 1 is 0.810 bits per heavy atom. The van der Waals surface area contributed by atoms with Crippen LogP contribution in [0, 0.1) is 0 Å². The lowest BCUT2D eigenvalue weighted by Gasteiger charge is -2.26. The second kappa shape index (κ2) is 11.7. The summed E-state index contributed by atoms with van der Waals surface area (Å²) in [6, 6.07) is 27.0. The van der Waals surface area contributed by atoms with Crippen molar-refractivity contribution in [2.75, 3.05) is 18.1 Å². The fraction of sp³-hybridized carbons (Fsp3) is 0.176. The molecule has 1 aromatic heterocycles. The lowest BCUT2D eigenvalue weighted by Crippen LogP contribution is -2.29. The number of carbonyl (C=O) groups is 1. The number of hydrogen-bond acceptors (Lipinski definition) is 6. The molecule has 1 aliphatic rings. The van der Waals surface area contributed by atoms with Crippen molar-refractivity contribution in [1.82, 2.24) is 0 Å². The van der Waals surface area contributed by atoms with E-state index in [1.807, 2.05) is 74.5 Å². The van der Waals surface area contributed by atoms with Gasteiger partial charge in [0, 0.05) is 10.2 Å². The average Bonchev–Trinajstić information content (AvgIpc) is 3.30. The Morgan fingerprint density at radius 3 is 2.31 bits per heavy atom. The fourth-order valence-electron chi connectivity index (χ4n) is 5.21. The zero-order chi connectivity index (χ0) is 29.2. The van der Waals surface area contributed by atoms with Gasteiger partial charge in [-0.15, -0.1) is 0 Å². The van der Waals surface area contributed by atoms with Crippen molar-refractivity contribution in [1.29, 1.82) is 0 Å². The van der Waals surface area contributed by atoms with Crippen LogP contribution in [0.5, 0.6) is 17.2 Å². The molecule has 7 nitrogen and oxygen atoms in total. The van der Waals surface area contributed by atoms with E-state index >= 15 is 0 Å². The van der Waals surface area contributed by atoms with Crippen LogP contribution in [-0.2, 0) is 6.61 Å². The summed E-state index contributed by atoms with van der Waals surface area (Å²) in [7, 11) is 0. The summed E-state index contributed by atoms with van der Waals surface area (Å²) in [4.78, 5) is 29.6. The first-order valence-electron chi connectivity index (χ1n) is 13.7. The maximum atomic E-state index is 14.0. The third kappa shape index (κ3) is 5.14. The van der Waals surface area contributed by atoms with Crippen LogP contribution in [-0.4, -0.2) is 19.1 Å². The number of benzene rings is 4. The van der Waals surface area contributed by atoms with Gasteiger partial charge in [0.25, 0.3) is 5.91 Å². The Bertz CT molecular complexity index is 1820. The normalized spacial score (nSPS) is 14.2. The Labute approximate surface area is 251 Å². The number of hydrogen-bond donors (Lipinski definition) is 0. The van der Waals surface area contributed by atoms with Gasteiger partial charge in [0.05, 0.1) is 30.2 Å². The summed E-state index contributed by atoms with van der Waals surface area (Å²) in [5.74, 6) is 1.40. The summed E-state index contributed by atoms with van der Waals surface area (Å²) >= 11 is 3.45. The van der Waals surface area contributed by atoms with Gasteiger partial charge in [0.1, 0.15) is 17.9 Å². The first kappa shape index (κ1) is 27.6. The highest BCUT2D eigenvalue weighted by atomic mass is 79.9. The van der Waals surface area contributed by atoms with E-state index in [2.05, 4.69) is 15.9 Å². The minimum atomic E-state index is -0.757. The highest BCUT2D eigenvalue weighted by Gasteiger charge is 2.44. The van der Waals surface area contributed by atoms with Crippen LogP contribution >= 0.6 is 15.9 Å². The van der Waals surface area contributed by atoms with Crippen LogP contribution in [0.1, 0.15) is 47.1 Å². The van der Waals surface area contributed by atoms with Gasteiger partial charge >= 0.3 is 0 Å². The molecule has 1 unspecified atom stereocenters. The molecule has 0 spiro atoms. The van der Waals surface area contributed by atoms with E-state index in [0.29, 0.717) is 59.3 Å². The fourth-order valence-corrected chi connectivity index (χ4v) is 5.58. The number of nitrogens with zero attached hydrogens (tertiary/aromatic N) is 1. The molecule has 1 atom stereocenters. The molecule has 0 aliphatic carbocycles. The standard InChI is InChI=1S/C34H28BrNO6/c1-3-39-25-14-12-24(13-15-25)36-31(30-32(37)26-19-23(35)11-17-27(26)42-33(30)34(36)38)22-10-16-28(29(18-22)40-4-2)41-20-21-8-6-5-7-9-21/h5-19,31H,3-4,20H2,1-2H3. The summed E-state index contributed by atoms with van der Waals surface area (Å²) in [5.41, 5.74) is 2.68. The third-order valence-electron chi connectivity index (χ3n) is 7.08. The lowest BCUT2D eigenvalue weighted by atomic mass is 9.97. The van der Waals surface area contributed by atoms with Crippen molar-refractivity contribution in [3.8, 4) is 17.2 Å². The molecule has 6 rings (SSSR count). The average molecular weight is 627 g/mol. The minimum absolute atomic E-state index is 0.0241. The van der Waals surface area contributed by atoms with E-state index in [1.165, 1.54) is 0 Å². The van der Waals surface area contributed by atoms with Crippen LogP contribution < -0.4 is 24.5 Å². The van der Waals surface area contributed by atoms with Gasteiger partial charge in [-0.3, -0.25) is 14.5 Å². The van der Waals surface area contributed by atoms with Gasteiger partial charge in [0.2, 0.25) is 5.76 Å². The van der Waals surface area contributed by atoms with E-state index < -0.39 is 11.9 Å². The molecule has 2 heterocycles. The van der Waals surface area contributed by atoms with Crippen LogP contribution in [0.3, 0.4) is 0 Å². The number of halogens is 1. The highest BCUT2D eigenvalue weighted by Crippen LogP contribution is 2.44. The van der Waals surface area contributed by atoms with Crippen molar-refractivity contribution >= 4 is 38.5 Å². The SMILES string of the molecule is CCOc1ccc(N2C(=O)c3oc4ccc(Br)cc4c(=O)c3C2c2ccc(OCc3ccccc3)c(OCC)c2)cc1. The van der Waals surface area contributed by atoms with Crippen LogP contribution in [0.4, 0.5) is 5.69 Å². The number of ether oxygens (including phenoxy) is 3. The quantitative estimate of drug-likeness (QED) is 0.167. The van der Waals surface area contributed by atoms with E-state index in [-0.39, 0.29) is 16.8 Å². The second-order valence-corrected chi connectivity index (χ2v) is 10.6. The van der Waals surface area contributed by atoms with E-state index in [0.717, 1.165) is 10.0 Å². The summed E-state index contributed by atoms with van der Waals surface area (Å²) < 4.78 is 24.6. The molecule has 0 fully saturated rings. The number of carbonyl (C=O) groups excluding carboxylic acids is 1. The molecule has 0 N–H and O–H groups in total. The van der Waals surface area contributed by atoms with Crippen LogP contribution in [0.15, 0.2) is 105 Å². The van der Waals surface area contributed by atoms with Gasteiger partial charge in [-0.25, -0.2) is 0 Å². The van der Waals surface area contributed by atoms with Crippen LogP contribution in [0.25, 0.3) is 11.0 Å². The molecule has 0 saturated heterocycles. The van der Waals surface area contributed by atoms with Crippen molar-refractivity contribution in [3.05, 3.63) is 128 Å². The molecule has 0 saturated carbocycles. The zero-order valence-corrected chi connectivity index (χ0v) is 24.7. The molecule has 4 aromatic carbocycles. The second-order valence-electron chi connectivity index (χ2n) is 9.73. The molecule has 0 radical (unpaired) electrons. The van der Waals surface area contributed by atoms with Crippen molar-refractivity contribution < 1.29 is 23.4 Å². The molecule has 5 aromatic rings. The van der Waals surface area contributed by atoms with Gasteiger partial charge < -0.3 is 18.6 Å². The first-order chi connectivity index (χ1) is 20.5. The maximum Gasteiger partial charge on any atom is 0.295 e. The largest absolute Gasteiger partial charge is 0.494 e. The van der Waals surface area contributed by atoms with Gasteiger partial charge in [0.15, 0.2) is 16.9 Å². The number of anilines is 1. The monoisotopic (exact) mass is 625 g/mol. The molecule has 42 heavy (non-hydrogen) atoms. The smallest absolute Gasteiger partial charge is 0.295 e. The Balaban J connectivity index is 1.48.